The summed E-state index contributed by atoms with van der Waals surface area (Å²) in [5.74, 6) is -0.0272. The van der Waals surface area contributed by atoms with Crippen LogP contribution in [0.1, 0.15) is 17.5 Å². The molecule has 1 aromatic carbocycles. The highest BCUT2D eigenvalue weighted by atomic mass is 16.1. The fourth-order valence-electron chi connectivity index (χ4n) is 1.21. The van der Waals surface area contributed by atoms with Gasteiger partial charge in [0.1, 0.15) is 12.1 Å². The average molecular weight is 176 g/mol. The summed E-state index contributed by atoms with van der Waals surface area (Å²) in [5.41, 5.74) is 2.11. The first kappa shape index (κ1) is 9.65. The zero-order valence-electron chi connectivity index (χ0n) is 7.62. The summed E-state index contributed by atoms with van der Waals surface area (Å²) in [6.07, 6.45) is 1.03. The average Bonchev–Trinajstić information content (AvgIpc) is 2.04. The molecule has 0 bridgehead atoms. The number of aldehydes is 1. The minimum atomic E-state index is -0.0272. The third kappa shape index (κ3) is 3.20. The molecule has 0 amide bonds. The van der Waals surface area contributed by atoms with Crippen LogP contribution in [0.5, 0.6) is 0 Å². The van der Waals surface area contributed by atoms with E-state index in [4.69, 9.17) is 0 Å². The van der Waals surface area contributed by atoms with Crippen LogP contribution in [-0.4, -0.2) is 12.1 Å². The molecule has 1 rings (SSSR count). The molecule has 0 aliphatic rings. The molecule has 2 heteroatoms. The van der Waals surface area contributed by atoms with Crippen molar-refractivity contribution in [1.82, 2.24) is 0 Å². The molecule has 0 saturated heterocycles. The van der Waals surface area contributed by atoms with Gasteiger partial charge in [-0.25, -0.2) is 0 Å². The molecular weight excluding hydrogens is 164 g/mol. The van der Waals surface area contributed by atoms with Crippen LogP contribution in [0.15, 0.2) is 24.3 Å². The third-order valence-corrected chi connectivity index (χ3v) is 1.79. The van der Waals surface area contributed by atoms with Crippen molar-refractivity contribution in [3.05, 3.63) is 35.4 Å². The molecule has 0 unspecified atom stereocenters. The first-order chi connectivity index (χ1) is 6.22. The largest absolute Gasteiger partial charge is 0.303 e. The molecule has 0 aromatic heterocycles. The van der Waals surface area contributed by atoms with Gasteiger partial charge < -0.3 is 4.79 Å². The first-order valence-electron chi connectivity index (χ1n) is 4.23. The quantitative estimate of drug-likeness (QED) is 0.517. The Hall–Kier alpha value is -1.44. The number of aryl methyl sites for hydroxylation is 1. The molecule has 13 heavy (non-hydrogen) atoms. The van der Waals surface area contributed by atoms with Gasteiger partial charge in [0.2, 0.25) is 0 Å². The van der Waals surface area contributed by atoms with E-state index in [1.54, 1.807) is 0 Å². The van der Waals surface area contributed by atoms with E-state index in [1.807, 2.05) is 31.2 Å². The van der Waals surface area contributed by atoms with Gasteiger partial charge in [0.05, 0.1) is 6.42 Å². The van der Waals surface area contributed by atoms with Crippen molar-refractivity contribution < 1.29 is 9.59 Å². The number of carbonyl (C=O) groups excluding carboxylic acids is 2. The minimum absolute atomic E-state index is 0.0218. The van der Waals surface area contributed by atoms with Crippen LogP contribution < -0.4 is 0 Å². The van der Waals surface area contributed by atoms with Gasteiger partial charge in [0.15, 0.2) is 0 Å². The second kappa shape index (κ2) is 4.55. The number of rotatable bonds is 4. The number of ketones is 1. The Labute approximate surface area is 77.6 Å². The van der Waals surface area contributed by atoms with Gasteiger partial charge in [-0.15, -0.1) is 0 Å². The predicted molar refractivity (Wildman–Crippen MR) is 50.6 cm³/mol. The van der Waals surface area contributed by atoms with Crippen molar-refractivity contribution in [3.8, 4) is 0 Å². The Morgan fingerprint density at radius 3 is 2.85 bits per heavy atom. The van der Waals surface area contributed by atoms with Crippen LogP contribution >= 0.6 is 0 Å². The molecule has 2 nitrogen and oxygen atoms in total. The Morgan fingerprint density at radius 1 is 1.46 bits per heavy atom. The van der Waals surface area contributed by atoms with Gasteiger partial charge in [-0.05, 0) is 12.5 Å². The Balaban J connectivity index is 2.63. The van der Waals surface area contributed by atoms with Crippen LogP contribution in [0.4, 0.5) is 0 Å². The van der Waals surface area contributed by atoms with E-state index in [1.165, 1.54) is 0 Å². The lowest BCUT2D eigenvalue weighted by Gasteiger charge is -1.99. The number of benzene rings is 1. The van der Waals surface area contributed by atoms with E-state index >= 15 is 0 Å². The summed E-state index contributed by atoms with van der Waals surface area (Å²) in [6, 6.07) is 7.75. The second-order valence-corrected chi connectivity index (χ2v) is 3.08. The molecule has 0 radical (unpaired) electrons. The third-order valence-electron chi connectivity index (χ3n) is 1.79. The SMILES string of the molecule is Cc1cccc(CC(=O)CC=O)c1. The molecular formula is C11H12O2. The van der Waals surface area contributed by atoms with Gasteiger partial charge in [0, 0.05) is 6.42 Å². The van der Waals surface area contributed by atoms with E-state index in [-0.39, 0.29) is 12.2 Å². The van der Waals surface area contributed by atoms with Crippen molar-refractivity contribution in [3.63, 3.8) is 0 Å². The summed E-state index contributed by atoms with van der Waals surface area (Å²) in [6.45, 7) is 1.98. The van der Waals surface area contributed by atoms with Gasteiger partial charge in [-0.3, -0.25) is 4.79 Å². The molecule has 0 atom stereocenters. The highest BCUT2D eigenvalue weighted by Gasteiger charge is 2.02. The van der Waals surface area contributed by atoms with Crippen LogP contribution in [-0.2, 0) is 16.0 Å². The molecule has 1 aromatic rings. The highest BCUT2D eigenvalue weighted by Crippen LogP contribution is 2.05. The zero-order chi connectivity index (χ0) is 9.68. The molecule has 68 valence electrons. The lowest BCUT2D eigenvalue weighted by molar-refractivity contribution is -0.121. The molecule has 0 fully saturated rings. The van der Waals surface area contributed by atoms with Gasteiger partial charge >= 0.3 is 0 Å². The van der Waals surface area contributed by atoms with Crippen molar-refractivity contribution in [2.24, 2.45) is 0 Å². The fourth-order valence-corrected chi connectivity index (χ4v) is 1.21. The number of carbonyl (C=O) groups is 2. The maximum Gasteiger partial charge on any atom is 0.144 e. The molecule has 0 heterocycles. The van der Waals surface area contributed by atoms with Crippen molar-refractivity contribution >= 4 is 12.1 Å². The van der Waals surface area contributed by atoms with E-state index in [0.29, 0.717) is 12.7 Å². The Morgan fingerprint density at radius 2 is 2.23 bits per heavy atom. The van der Waals surface area contributed by atoms with Crippen LogP contribution in [0.3, 0.4) is 0 Å². The molecule has 0 spiro atoms. The number of hydrogen-bond donors (Lipinski definition) is 0. The summed E-state index contributed by atoms with van der Waals surface area (Å²) < 4.78 is 0. The number of Topliss-reactive ketones (excluding diaryl/α,β-unsaturated/α-hetero) is 1. The van der Waals surface area contributed by atoms with E-state index in [0.717, 1.165) is 11.1 Å². The lowest BCUT2D eigenvalue weighted by Crippen LogP contribution is -2.02. The van der Waals surface area contributed by atoms with Crippen molar-refractivity contribution in [2.45, 2.75) is 19.8 Å². The Bertz CT molecular complexity index is 316. The van der Waals surface area contributed by atoms with Crippen LogP contribution in [0.25, 0.3) is 0 Å². The van der Waals surface area contributed by atoms with E-state index in [2.05, 4.69) is 0 Å². The monoisotopic (exact) mass is 176 g/mol. The van der Waals surface area contributed by atoms with Crippen molar-refractivity contribution in [2.75, 3.05) is 0 Å². The summed E-state index contributed by atoms with van der Waals surface area (Å²) in [4.78, 5) is 21.1. The van der Waals surface area contributed by atoms with E-state index < -0.39 is 0 Å². The fraction of sp³-hybridized carbons (Fsp3) is 0.273. The standard InChI is InChI=1S/C11H12O2/c1-9-3-2-4-10(7-9)8-11(13)5-6-12/h2-4,6-7H,5,8H2,1H3. The van der Waals surface area contributed by atoms with Crippen LogP contribution in [0, 0.1) is 6.92 Å². The molecule has 0 aliphatic heterocycles. The minimum Gasteiger partial charge on any atom is -0.303 e. The van der Waals surface area contributed by atoms with Gasteiger partial charge in [0.25, 0.3) is 0 Å². The maximum absolute atomic E-state index is 11.1. The summed E-state index contributed by atoms with van der Waals surface area (Å²) in [5, 5.41) is 0. The predicted octanol–water partition coefficient (Wildman–Crippen LogP) is 1.70. The number of hydrogen-bond acceptors (Lipinski definition) is 2. The normalized spacial score (nSPS) is 9.62. The first-order valence-corrected chi connectivity index (χ1v) is 4.23. The molecule has 0 saturated carbocycles. The Kier molecular flexibility index (Phi) is 3.38. The summed E-state index contributed by atoms with van der Waals surface area (Å²) >= 11 is 0. The van der Waals surface area contributed by atoms with Gasteiger partial charge in [-0.2, -0.15) is 0 Å². The second-order valence-electron chi connectivity index (χ2n) is 3.08. The lowest BCUT2D eigenvalue weighted by atomic mass is 10.1. The van der Waals surface area contributed by atoms with Crippen LogP contribution in [0.2, 0.25) is 0 Å². The zero-order valence-corrected chi connectivity index (χ0v) is 7.62. The highest BCUT2D eigenvalue weighted by molar-refractivity contribution is 5.91. The summed E-state index contributed by atoms with van der Waals surface area (Å²) in [7, 11) is 0. The topological polar surface area (TPSA) is 34.1 Å². The maximum atomic E-state index is 11.1. The smallest absolute Gasteiger partial charge is 0.144 e. The van der Waals surface area contributed by atoms with Gasteiger partial charge in [-0.1, -0.05) is 29.8 Å². The van der Waals surface area contributed by atoms with E-state index in [9.17, 15) is 9.59 Å². The molecule has 0 N–H and O–H groups in total. The van der Waals surface area contributed by atoms with Crippen molar-refractivity contribution in [1.29, 1.82) is 0 Å². The molecule has 0 aliphatic carbocycles.